The average Bonchev–Trinajstić information content (AvgIpc) is 2.25. The highest BCUT2D eigenvalue weighted by atomic mass is 79.9. The molecule has 0 aliphatic rings. The third kappa shape index (κ3) is 4.03. The molecular formula is C12H15BrF2N2O. The molecule has 1 unspecified atom stereocenters. The van der Waals surface area contributed by atoms with Crippen LogP contribution in [0.4, 0.5) is 14.5 Å². The molecule has 6 heteroatoms. The van der Waals surface area contributed by atoms with Crippen LogP contribution in [0, 0.1) is 17.6 Å². The van der Waals surface area contributed by atoms with Crippen molar-refractivity contribution in [3.05, 3.63) is 28.2 Å². The Morgan fingerprint density at radius 1 is 1.39 bits per heavy atom. The molecule has 18 heavy (non-hydrogen) atoms. The van der Waals surface area contributed by atoms with Crippen LogP contribution in [0.2, 0.25) is 0 Å². The van der Waals surface area contributed by atoms with E-state index in [1.54, 1.807) is 0 Å². The van der Waals surface area contributed by atoms with Crippen molar-refractivity contribution in [3.63, 3.8) is 0 Å². The molecule has 1 amide bonds. The zero-order chi connectivity index (χ0) is 13.9. The van der Waals surface area contributed by atoms with E-state index < -0.39 is 17.5 Å². The maximum absolute atomic E-state index is 13.4. The molecule has 0 fully saturated rings. The number of nitrogens with one attached hydrogen (secondary N) is 1. The van der Waals surface area contributed by atoms with Crippen LogP contribution in [0.1, 0.15) is 20.3 Å². The van der Waals surface area contributed by atoms with Crippen LogP contribution in [0.15, 0.2) is 16.6 Å². The molecule has 1 aromatic rings. The summed E-state index contributed by atoms with van der Waals surface area (Å²) in [5.41, 5.74) is 5.54. The van der Waals surface area contributed by atoms with Crippen molar-refractivity contribution in [3.8, 4) is 0 Å². The van der Waals surface area contributed by atoms with E-state index in [4.69, 9.17) is 5.73 Å². The molecule has 0 spiro atoms. The van der Waals surface area contributed by atoms with Crippen molar-refractivity contribution in [1.82, 2.24) is 0 Å². The number of hydrogen-bond donors (Lipinski definition) is 2. The van der Waals surface area contributed by atoms with Crippen LogP contribution in [0.25, 0.3) is 0 Å². The number of amides is 1. The molecule has 1 atom stereocenters. The lowest BCUT2D eigenvalue weighted by Gasteiger charge is -2.15. The van der Waals surface area contributed by atoms with Gasteiger partial charge in [0.05, 0.1) is 10.2 Å². The van der Waals surface area contributed by atoms with E-state index in [-0.39, 0.29) is 28.5 Å². The summed E-state index contributed by atoms with van der Waals surface area (Å²) in [4.78, 5) is 11.6. The highest BCUT2D eigenvalue weighted by molar-refractivity contribution is 9.10. The lowest BCUT2D eigenvalue weighted by molar-refractivity contribution is -0.116. The molecular weight excluding hydrogens is 306 g/mol. The number of anilines is 1. The number of carbonyl (C=O) groups is 1. The molecule has 3 N–H and O–H groups in total. The summed E-state index contributed by atoms with van der Waals surface area (Å²) in [6.07, 6.45) is 0.0643. The second-order valence-electron chi connectivity index (χ2n) is 4.41. The summed E-state index contributed by atoms with van der Waals surface area (Å²) in [5.74, 6) is -1.63. The number of halogens is 3. The van der Waals surface area contributed by atoms with Crippen molar-refractivity contribution < 1.29 is 13.6 Å². The van der Waals surface area contributed by atoms with E-state index in [0.717, 1.165) is 12.1 Å². The highest BCUT2D eigenvalue weighted by Crippen LogP contribution is 2.23. The minimum absolute atomic E-state index is 0.0110. The Bertz CT molecular complexity index is 452. The van der Waals surface area contributed by atoms with Crippen LogP contribution >= 0.6 is 15.9 Å². The fraction of sp³-hybridized carbons (Fsp3) is 0.417. The SMILES string of the molecule is CC(C)C(N)CC(=O)Nc1cc(F)c(Br)cc1F. The number of rotatable bonds is 4. The maximum Gasteiger partial charge on any atom is 0.226 e. The van der Waals surface area contributed by atoms with Crippen LogP contribution in [0.3, 0.4) is 0 Å². The van der Waals surface area contributed by atoms with Gasteiger partial charge in [-0.05, 0) is 27.9 Å². The molecule has 0 saturated heterocycles. The molecule has 1 rings (SSSR count). The second-order valence-corrected chi connectivity index (χ2v) is 5.26. The van der Waals surface area contributed by atoms with Gasteiger partial charge in [-0.2, -0.15) is 0 Å². The molecule has 0 bridgehead atoms. The van der Waals surface area contributed by atoms with Crippen LogP contribution in [-0.2, 0) is 4.79 Å². The van der Waals surface area contributed by atoms with Crippen molar-refractivity contribution in [1.29, 1.82) is 0 Å². The largest absolute Gasteiger partial charge is 0.327 e. The number of nitrogens with two attached hydrogens (primary N) is 1. The van der Waals surface area contributed by atoms with Gasteiger partial charge in [0.2, 0.25) is 5.91 Å². The molecule has 0 heterocycles. The Kier molecular flexibility index (Phi) is 5.22. The Labute approximate surface area is 113 Å². The summed E-state index contributed by atoms with van der Waals surface area (Å²) in [6.45, 7) is 3.77. The van der Waals surface area contributed by atoms with Gasteiger partial charge in [-0.3, -0.25) is 4.79 Å². The predicted molar refractivity (Wildman–Crippen MR) is 70.1 cm³/mol. The van der Waals surface area contributed by atoms with Crippen molar-refractivity contribution in [2.75, 3.05) is 5.32 Å². The first-order valence-corrected chi connectivity index (χ1v) is 6.30. The normalized spacial score (nSPS) is 12.6. The van der Waals surface area contributed by atoms with Gasteiger partial charge in [0.15, 0.2) is 0 Å². The zero-order valence-corrected chi connectivity index (χ0v) is 11.7. The highest BCUT2D eigenvalue weighted by Gasteiger charge is 2.15. The van der Waals surface area contributed by atoms with Gasteiger partial charge in [-0.25, -0.2) is 8.78 Å². The molecule has 3 nitrogen and oxygen atoms in total. The Morgan fingerprint density at radius 3 is 2.56 bits per heavy atom. The van der Waals surface area contributed by atoms with Crippen LogP contribution < -0.4 is 11.1 Å². The molecule has 0 saturated carbocycles. The zero-order valence-electron chi connectivity index (χ0n) is 10.1. The van der Waals surface area contributed by atoms with Gasteiger partial charge >= 0.3 is 0 Å². The summed E-state index contributed by atoms with van der Waals surface area (Å²) < 4.78 is 26.7. The van der Waals surface area contributed by atoms with E-state index in [0.29, 0.717) is 0 Å². The molecule has 0 radical (unpaired) electrons. The quantitative estimate of drug-likeness (QED) is 0.838. The summed E-state index contributed by atoms with van der Waals surface area (Å²) in [7, 11) is 0. The van der Waals surface area contributed by atoms with Crippen molar-refractivity contribution in [2.24, 2.45) is 11.7 Å². The van der Waals surface area contributed by atoms with Crippen molar-refractivity contribution in [2.45, 2.75) is 26.3 Å². The Balaban J connectivity index is 2.73. The minimum Gasteiger partial charge on any atom is -0.327 e. The van der Waals surface area contributed by atoms with Gasteiger partial charge in [0.1, 0.15) is 11.6 Å². The first kappa shape index (κ1) is 15.0. The molecule has 0 aliphatic heterocycles. The summed E-state index contributed by atoms with van der Waals surface area (Å²) in [6, 6.07) is 1.58. The minimum atomic E-state index is -0.699. The predicted octanol–water partition coefficient (Wildman–Crippen LogP) is 3.04. The van der Waals surface area contributed by atoms with Gasteiger partial charge in [0.25, 0.3) is 0 Å². The average molecular weight is 321 g/mol. The first-order chi connectivity index (χ1) is 8.31. The van der Waals surface area contributed by atoms with Crippen molar-refractivity contribution >= 4 is 27.5 Å². The lowest BCUT2D eigenvalue weighted by Crippen LogP contribution is -2.31. The molecule has 0 aromatic heterocycles. The fourth-order valence-electron chi connectivity index (χ4n) is 1.27. The van der Waals surface area contributed by atoms with E-state index in [2.05, 4.69) is 21.2 Å². The van der Waals surface area contributed by atoms with Crippen LogP contribution in [-0.4, -0.2) is 11.9 Å². The molecule has 100 valence electrons. The Hall–Kier alpha value is -1.01. The third-order valence-electron chi connectivity index (χ3n) is 2.56. The molecule has 0 aliphatic carbocycles. The van der Waals surface area contributed by atoms with E-state index in [1.165, 1.54) is 0 Å². The monoisotopic (exact) mass is 320 g/mol. The Morgan fingerprint density at radius 2 is 2.00 bits per heavy atom. The first-order valence-electron chi connectivity index (χ1n) is 5.51. The second kappa shape index (κ2) is 6.24. The smallest absolute Gasteiger partial charge is 0.226 e. The van der Waals surface area contributed by atoms with E-state index in [1.807, 2.05) is 13.8 Å². The fourth-order valence-corrected chi connectivity index (χ4v) is 1.58. The van der Waals surface area contributed by atoms with E-state index in [9.17, 15) is 13.6 Å². The number of carbonyl (C=O) groups excluding carboxylic acids is 1. The lowest BCUT2D eigenvalue weighted by atomic mass is 10.0. The van der Waals surface area contributed by atoms with E-state index >= 15 is 0 Å². The maximum atomic E-state index is 13.4. The number of hydrogen-bond acceptors (Lipinski definition) is 2. The molecule has 1 aromatic carbocycles. The third-order valence-corrected chi connectivity index (χ3v) is 3.17. The van der Waals surface area contributed by atoms with Gasteiger partial charge in [-0.15, -0.1) is 0 Å². The standard InChI is InChI=1S/C12H15BrF2N2O/c1-6(2)10(16)5-12(18)17-11-4-8(14)7(13)3-9(11)15/h3-4,6,10H,5,16H2,1-2H3,(H,17,18). The van der Waals surface area contributed by atoms with Gasteiger partial charge in [0, 0.05) is 18.5 Å². The topological polar surface area (TPSA) is 55.1 Å². The van der Waals surface area contributed by atoms with Gasteiger partial charge in [-0.1, -0.05) is 13.8 Å². The number of benzene rings is 1. The summed E-state index contributed by atoms with van der Waals surface area (Å²) >= 11 is 2.86. The van der Waals surface area contributed by atoms with Crippen LogP contribution in [0.5, 0.6) is 0 Å². The summed E-state index contributed by atoms with van der Waals surface area (Å²) in [5, 5.41) is 2.31. The van der Waals surface area contributed by atoms with Gasteiger partial charge < -0.3 is 11.1 Å².